The van der Waals surface area contributed by atoms with Crippen molar-refractivity contribution in [1.82, 2.24) is 9.80 Å². The molecule has 146 valence electrons. The number of carbonyl (C=O) groups excluding carboxylic acids is 2. The normalized spacial score (nSPS) is 15.1. The first kappa shape index (κ1) is 19.6. The number of hydrogen-bond acceptors (Lipinski definition) is 3. The van der Waals surface area contributed by atoms with Crippen LogP contribution in [0.5, 0.6) is 5.75 Å². The summed E-state index contributed by atoms with van der Waals surface area (Å²) in [4.78, 5) is 28.0. The third-order valence-corrected chi connectivity index (χ3v) is 4.90. The Hall–Kier alpha value is -3.15. The standard InChI is InChI=1S/C22H23FN2O3/c1-15(26)25-11-10-17-6-4-5-7-18(17)20(25)13-22(27)24(2)14-16-8-9-21(28-3)19(23)12-16/h4-12,20H,13-14H2,1-3H3. The summed E-state index contributed by atoms with van der Waals surface area (Å²) >= 11 is 0. The molecular weight excluding hydrogens is 359 g/mol. The van der Waals surface area contributed by atoms with Crippen LogP contribution in [-0.4, -0.2) is 35.8 Å². The Morgan fingerprint density at radius 3 is 2.64 bits per heavy atom. The molecule has 2 aromatic rings. The number of rotatable bonds is 5. The summed E-state index contributed by atoms with van der Waals surface area (Å²) in [6, 6.07) is 12.0. The molecule has 3 rings (SSSR count). The van der Waals surface area contributed by atoms with Gasteiger partial charge in [0.15, 0.2) is 11.6 Å². The Kier molecular flexibility index (Phi) is 5.78. The molecular formula is C22H23FN2O3. The van der Waals surface area contributed by atoms with Crippen molar-refractivity contribution in [3.05, 3.63) is 71.2 Å². The monoisotopic (exact) mass is 382 g/mol. The molecule has 2 aromatic carbocycles. The minimum atomic E-state index is -0.463. The van der Waals surface area contributed by atoms with Crippen LogP contribution in [0, 0.1) is 5.82 Å². The van der Waals surface area contributed by atoms with Gasteiger partial charge in [-0.1, -0.05) is 30.3 Å². The van der Waals surface area contributed by atoms with Gasteiger partial charge in [0.05, 0.1) is 19.6 Å². The van der Waals surface area contributed by atoms with Gasteiger partial charge in [-0.25, -0.2) is 4.39 Å². The van der Waals surface area contributed by atoms with Crippen molar-refractivity contribution in [2.24, 2.45) is 0 Å². The molecule has 0 bridgehead atoms. The first-order valence-electron chi connectivity index (χ1n) is 9.03. The number of fused-ring (bicyclic) bond motifs is 1. The summed E-state index contributed by atoms with van der Waals surface area (Å²) in [5.74, 6) is -0.545. The highest BCUT2D eigenvalue weighted by Gasteiger charge is 2.29. The summed E-state index contributed by atoms with van der Waals surface area (Å²) in [6.07, 6.45) is 3.75. The fraction of sp³-hybridized carbons (Fsp3) is 0.273. The number of methoxy groups -OCH3 is 1. The lowest BCUT2D eigenvalue weighted by Crippen LogP contribution is -2.35. The molecule has 0 fully saturated rings. The number of nitrogens with zero attached hydrogens (tertiary/aromatic N) is 2. The highest BCUT2D eigenvalue weighted by atomic mass is 19.1. The second kappa shape index (κ2) is 8.25. The zero-order valence-electron chi connectivity index (χ0n) is 16.2. The van der Waals surface area contributed by atoms with E-state index in [2.05, 4.69) is 0 Å². The second-order valence-corrected chi connectivity index (χ2v) is 6.81. The van der Waals surface area contributed by atoms with Crippen LogP contribution in [0.3, 0.4) is 0 Å². The molecule has 0 spiro atoms. The van der Waals surface area contributed by atoms with E-state index in [0.717, 1.165) is 11.1 Å². The van der Waals surface area contributed by atoms with Crippen molar-refractivity contribution in [2.45, 2.75) is 25.9 Å². The van der Waals surface area contributed by atoms with Gasteiger partial charge in [-0.05, 0) is 34.9 Å². The molecule has 0 aliphatic carbocycles. The minimum absolute atomic E-state index is 0.122. The fourth-order valence-electron chi connectivity index (χ4n) is 3.40. The molecule has 0 radical (unpaired) electrons. The zero-order chi connectivity index (χ0) is 20.3. The summed E-state index contributed by atoms with van der Waals surface area (Å²) in [6.45, 7) is 1.75. The van der Waals surface area contributed by atoms with E-state index in [1.807, 2.05) is 30.3 Å². The van der Waals surface area contributed by atoms with Gasteiger partial charge in [-0.15, -0.1) is 0 Å². The van der Waals surface area contributed by atoms with Crippen molar-refractivity contribution in [3.63, 3.8) is 0 Å². The molecule has 0 saturated carbocycles. The quantitative estimate of drug-likeness (QED) is 0.791. The van der Waals surface area contributed by atoms with Crippen molar-refractivity contribution < 1.29 is 18.7 Å². The van der Waals surface area contributed by atoms with E-state index in [0.29, 0.717) is 5.56 Å². The first-order chi connectivity index (χ1) is 13.4. The van der Waals surface area contributed by atoms with Gasteiger partial charge in [-0.2, -0.15) is 0 Å². The van der Waals surface area contributed by atoms with Crippen LogP contribution >= 0.6 is 0 Å². The number of carbonyl (C=O) groups is 2. The molecule has 0 saturated heterocycles. The van der Waals surface area contributed by atoms with Crippen molar-refractivity contribution in [2.75, 3.05) is 14.2 Å². The van der Waals surface area contributed by atoms with E-state index in [1.165, 1.54) is 20.1 Å². The molecule has 6 heteroatoms. The van der Waals surface area contributed by atoms with E-state index < -0.39 is 5.82 Å². The first-order valence-corrected chi connectivity index (χ1v) is 9.03. The third kappa shape index (κ3) is 4.06. The lowest BCUT2D eigenvalue weighted by Gasteiger charge is -2.33. The maximum Gasteiger partial charge on any atom is 0.225 e. The lowest BCUT2D eigenvalue weighted by atomic mass is 9.93. The van der Waals surface area contributed by atoms with Crippen LogP contribution in [-0.2, 0) is 16.1 Å². The van der Waals surface area contributed by atoms with E-state index >= 15 is 0 Å². The largest absolute Gasteiger partial charge is 0.494 e. The van der Waals surface area contributed by atoms with Crippen LogP contribution < -0.4 is 4.74 Å². The van der Waals surface area contributed by atoms with Gasteiger partial charge < -0.3 is 14.5 Å². The maximum absolute atomic E-state index is 13.9. The summed E-state index contributed by atoms with van der Waals surface area (Å²) in [5, 5.41) is 0. The van der Waals surface area contributed by atoms with E-state index in [4.69, 9.17) is 4.74 Å². The highest BCUT2D eigenvalue weighted by Crippen LogP contribution is 2.33. The van der Waals surface area contributed by atoms with Crippen LogP contribution in [0.2, 0.25) is 0 Å². The predicted octanol–water partition coefficient (Wildman–Crippen LogP) is 3.76. The lowest BCUT2D eigenvalue weighted by molar-refractivity contribution is -0.134. The molecule has 1 unspecified atom stereocenters. The van der Waals surface area contributed by atoms with E-state index in [1.54, 1.807) is 35.2 Å². The van der Waals surface area contributed by atoms with Gasteiger partial charge in [0.25, 0.3) is 0 Å². The molecule has 0 aromatic heterocycles. The van der Waals surface area contributed by atoms with E-state index in [-0.39, 0.29) is 36.6 Å². The SMILES string of the molecule is COc1ccc(CN(C)C(=O)CC2c3ccccc3C=CN2C(C)=O)cc1F. The molecule has 1 aliphatic heterocycles. The van der Waals surface area contributed by atoms with E-state index in [9.17, 15) is 14.0 Å². The average molecular weight is 382 g/mol. The Morgan fingerprint density at radius 2 is 1.96 bits per heavy atom. The summed E-state index contributed by atoms with van der Waals surface area (Å²) in [7, 11) is 3.08. The minimum Gasteiger partial charge on any atom is -0.494 e. The Labute approximate surface area is 164 Å². The van der Waals surface area contributed by atoms with Gasteiger partial charge in [0, 0.05) is 26.7 Å². The number of amides is 2. The Balaban J connectivity index is 1.75. The highest BCUT2D eigenvalue weighted by molar-refractivity contribution is 5.81. The van der Waals surface area contributed by atoms with Crippen molar-refractivity contribution in [1.29, 1.82) is 0 Å². The summed E-state index contributed by atoms with van der Waals surface area (Å²) in [5.41, 5.74) is 2.61. The topological polar surface area (TPSA) is 49.9 Å². The summed E-state index contributed by atoms with van der Waals surface area (Å²) < 4.78 is 18.8. The van der Waals surface area contributed by atoms with Crippen molar-refractivity contribution >= 4 is 17.9 Å². The Morgan fingerprint density at radius 1 is 1.21 bits per heavy atom. The number of benzene rings is 2. The zero-order valence-corrected chi connectivity index (χ0v) is 16.2. The molecule has 28 heavy (non-hydrogen) atoms. The van der Waals surface area contributed by atoms with Gasteiger partial charge in [0.2, 0.25) is 11.8 Å². The molecule has 2 amide bonds. The van der Waals surface area contributed by atoms with Crippen LogP contribution in [0.4, 0.5) is 4.39 Å². The van der Waals surface area contributed by atoms with Crippen LogP contribution in [0.25, 0.3) is 6.08 Å². The van der Waals surface area contributed by atoms with Gasteiger partial charge in [-0.3, -0.25) is 9.59 Å². The smallest absolute Gasteiger partial charge is 0.225 e. The molecule has 1 heterocycles. The molecule has 1 atom stereocenters. The number of hydrogen-bond donors (Lipinski definition) is 0. The van der Waals surface area contributed by atoms with Crippen molar-refractivity contribution in [3.8, 4) is 5.75 Å². The number of halogens is 1. The van der Waals surface area contributed by atoms with Crippen LogP contribution in [0.1, 0.15) is 36.1 Å². The second-order valence-electron chi connectivity index (χ2n) is 6.81. The van der Waals surface area contributed by atoms with Gasteiger partial charge in [0.1, 0.15) is 0 Å². The average Bonchev–Trinajstić information content (AvgIpc) is 2.68. The molecule has 0 N–H and O–H groups in total. The van der Waals surface area contributed by atoms with Crippen LogP contribution in [0.15, 0.2) is 48.7 Å². The predicted molar refractivity (Wildman–Crippen MR) is 105 cm³/mol. The number of ether oxygens (including phenoxy) is 1. The third-order valence-electron chi connectivity index (χ3n) is 4.90. The fourth-order valence-corrected chi connectivity index (χ4v) is 3.40. The maximum atomic E-state index is 13.9. The Bertz CT molecular complexity index is 926. The van der Waals surface area contributed by atoms with Gasteiger partial charge >= 0.3 is 0 Å². The molecule has 1 aliphatic rings. The molecule has 5 nitrogen and oxygen atoms in total.